The van der Waals surface area contributed by atoms with Crippen LogP contribution in [-0.2, 0) is 11.3 Å². The van der Waals surface area contributed by atoms with Gasteiger partial charge >= 0.3 is 0 Å². The van der Waals surface area contributed by atoms with Crippen LogP contribution in [0.1, 0.15) is 21.5 Å². The fraction of sp³-hybridized carbons (Fsp3) is 0.158. The summed E-state index contributed by atoms with van der Waals surface area (Å²) in [7, 11) is 0. The number of hydrogen-bond donors (Lipinski definition) is 2. The van der Waals surface area contributed by atoms with Crippen molar-refractivity contribution in [3.05, 3.63) is 71.0 Å². The van der Waals surface area contributed by atoms with Gasteiger partial charge in [0.2, 0.25) is 11.0 Å². The Morgan fingerprint density at radius 3 is 2.50 bits per heavy atom. The Morgan fingerprint density at radius 2 is 1.79 bits per heavy atom. The number of nitrogens with one attached hydrogen (secondary N) is 2. The van der Waals surface area contributed by atoms with Crippen LogP contribution in [0, 0.1) is 12.7 Å². The van der Waals surface area contributed by atoms with Gasteiger partial charge in [-0.1, -0.05) is 52.9 Å². The van der Waals surface area contributed by atoms with Crippen LogP contribution in [-0.4, -0.2) is 27.8 Å². The molecule has 0 aliphatic rings. The molecule has 2 aromatic carbocycles. The SMILES string of the molecule is Cc1ccc(C(=O)Nc2nnc(SCC(=O)NCc3ccc(F)cc3)s2)cc1. The summed E-state index contributed by atoms with van der Waals surface area (Å²) >= 11 is 2.44. The third-order valence-electron chi connectivity index (χ3n) is 3.67. The maximum absolute atomic E-state index is 12.9. The van der Waals surface area contributed by atoms with Crippen molar-refractivity contribution >= 4 is 40.0 Å². The number of amides is 2. The van der Waals surface area contributed by atoms with Crippen LogP contribution < -0.4 is 10.6 Å². The first-order valence-corrected chi connectivity index (χ1v) is 10.2. The van der Waals surface area contributed by atoms with Gasteiger partial charge in [-0.25, -0.2) is 4.39 Å². The molecule has 0 bridgehead atoms. The lowest BCUT2D eigenvalue weighted by Crippen LogP contribution is -2.24. The Hall–Kier alpha value is -2.78. The van der Waals surface area contributed by atoms with Crippen molar-refractivity contribution in [1.82, 2.24) is 15.5 Å². The largest absolute Gasteiger partial charge is 0.351 e. The maximum atomic E-state index is 12.9. The highest BCUT2D eigenvalue weighted by Gasteiger charge is 2.12. The van der Waals surface area contributed by atoms with Crippen molar-refractivity contribution in [2.75, 3.05) is 11.1 Å². The smallest absolute Gasteiger partial charge is 0.257 e. The molecule has 3 aromatic rings. The minimum atomic E-state index is -0.313. The monoisotopic (exact) mass is 416 g/mol. The predicted molar refractivity (Wildman–Crippen MR) is 108 cm³/mol. The van der Waals surface area contributed by atoms with Crippen LogP contribution >= 0.6 is 23.1 Å². The highest BCUT2D eigenvalue weighted by molar-refractivity contribution is 8.01. The van der Waals surface area contributed by atoms with E-state index in [-0.39, 0.29) is 23.4 Å². The molecule has 1 heterocycles. The quantitative estimate of drug-likeness (QED) is 0.454. The van der Waals surface area contributed by atoms with Crippen LogP contribution in [0.5, 0.6) is 0 Å². The van der Waals surface area contributed by atoms with E-state index in [9.17, 15) is 14.0 Å². The minimum Gasteiger partial charge on any atom is -0.351 e. The Bertz CT molecular complexity index is 959. The molecule has 0 radical (unpaired) electrons. The molecule has 0 atom stereocenters. The first kappa shape index (κ1) is 20.0. The number of thioether (sulfide) groups is 1. The van der Waals surface area contributed by atoms with Crippen LogP contribution in [0.3, 0.4) is 0 Å². The Labute approximate surface area is 169 Å². The van der Waals surface area contributed by atoms with Gasteiger partial charge in [0.05, 0.1) is 5.75 Å². The molecule has 0 fully saturated rings. The number of carbonyl (C=O) groups is 2. The van der Waals surface area contributed by atoms with Crippen LogP contribution in [0.15, 0.2) is 52.9 Å². The second-order valence-corrected chi connectivity index (χ2v) is 8.09. The molecule has 0 unspecified atom stereocenters. The molecule has 3 rings (SSSR count). The van der Waals surface area contributed by atoms with E-state index in [0.717, 1.165) is 11.1 Å². The zero-order chi connectivity index (χ0) is 19.9. The highest BCUT2D eigenvalue weighted by Crippen LogP contribution is 2.25. The van der Waals surface area contributed by atoms with Crippen molar-refractivity contribution in [2.24, 2.45) is 0 Å². The zero-order valence-corrected chi connectivity index (χ0v) is 16.6. The summed E-state index contributed by atoms with van der Waals surface area (Å²) in [5, 5.41) is 13.7. The third kappa shape index (κ3) is 5.86. The van der Waals surface area contributed by atoms with Gasteiger partial charge in [0.15, 0.2) is 4.34 Å². The van der Waals surface area contributed by atoms with Gasteiger partial charge in [-0.3, -0.25) is 14.9 Å². The van der Waals surface area contributed by atoms with Gasteiger partial charge in [-0.05, 0) is 36.8 Å². The topological polar surface area (TPSA) is 84.0 Å². The summed E-state index contributed by atoms with van der Waals surface area (Å²) in [4.78, 5) is 24.1. The normalized spacial score (nSPS) is 10.5. The minimum absolute atomic E-state index is 0.168. The number of aromatic nitrogens is 2. The molecule has 6 nitrogen and oxygen atoms in total. The average molecular weight is 417 g/mol. The van der Waals surface area contributed by atoms with E-state index in [1.165, 1.54) is 35.2 Å². The predicted octanol–water partition coefficient (Wildman–Crippen LogP) is 3.65. The molecule has 0 saturated carbocycles. The van der Waals surface area contributed by atoms with E-state index >= 15 is 0 Å². The van der Waals surface area contributed by atoms with Crippen molar-refractivity contribution in [2.45, 2.75) is 17.8 Å². The number of nitrogens with zero attached hydrogens (tertiary/aromatic N) is 2. The maximum Gasteiger partial charge on any atom is 0.257 e. The summed E-state index contributed by atoms with van der Waals surface area (Å²) in [5.41, 5.74) is 2.43. The number of carbonyl (C=O) groups excluding carboxylic acids is 2. The van der Waals surface area contributed by atoms with Gasteiger partial charge < -0.3 is 5.32 Å². The summed E-state index contributed by atoms with van der Waals surface area (Å²) in [5.74, 6) is -0.575. The van der Waals surface area contributed by atoms with E-state index in [4.69, 9.17) is 0 Å². The van der Waals surface area contributed by atoms with E-state index in [2.05, 4.69) is 20.8 Å². The number of rotatable bonds is 7. The number of aryl methyl sites for hydroxylation is 1. The van der Waals surface area contributed by atoms with Crippen molar-refractivity contribution in [1.29, 1.82) is 0 Å². The number of anilines is 1. The molecule has 0 spiro atoms. The summed E-state index contributed by atoms with van der Waals surface area (Å²) in [6, 6.07) is 13.2. The van der Waals surface area contributed by atoms with Gasteiger partial charge in [0, 0.05) is 12.1 Å². The number of hydrogen-bond acceptors (Lipinski definition) is 6. The lowest BCUT2D eigenvalue weighted by Gasteiger charge is -2.04. The van der Waals surface area contributed by atoms with E-state index in [0.29, 0.717) is 21.6 Å². The number of halogens is 1. The van der Waals surface area contributed by atoms with Gasteiger partial charge in [0.1, 0.15) is 5.82 Å². The molecular formula is C19H17FN4O2S2. The van der Waals surface area contributed by atoms with Gasteiger partial charge in [-0.2, -0.15) is 0 Å². The summed E-state index contributed by atoms with van der Waals surface area (Å²) in [6.07, 6.45) is 0. The molecule has 0 aliphatic heterocycles. The lowest BCUT2D eigenvalue weighted by atomic mass is 10.1. The average Bonchev–Trinajstić information content (AvgIpc) is 3.13. The highest BCUT2D eigenvalue weighted by atomic mass is 32.2. The third-order valence-corrected chi connectivity index (χ3v) is 5.64. The van der Waals surface area contributed by atoms with Gasteiger partial charge in [-0.15, -0.1) is 10.2 Å². The first-order chi connectivity index (χ1) is 13.5. The second kappa shape index (κ2) is 9.43. The van der Waals surface area contributed by atoms with Crippen molar-refractivity contribution < 1.29 is 14.0 Å². The number of benzene rings is 2. The molecule has 0 aliphatic carbocycles. The van der Waals surface area contributed by atoms with E-state index in [1.807, 2.05) is 19.1 Å². The van der Waals surface area contributed by atoms with Crippen LogP contribution in [0.4, 0.5) is 9.52 Å². The van der Waals surface area contributed by atoms with E-state index < -0.39 is 0 Å². The van der Waals surface area contributed by atoms with Crippen LogP contribution in [0.2, 0.25) is 0 Å². The Kier molecular flexibility index (Phi) is 6.72. The Balaban J connectivity index is 1.45. The Morgan fingerprint density at radius 1 is 1.07 bits per heavy atom. The fourth-order valence-electron chi connectivity index (χ4n) is 2.17. The molecule has 0 saturated heterocycles. The molecule has 1 aromatic heterocycles. The molecule has 9 heteroatoms. The first-order valence-electron chi connectivity index (χ1n) is 8.35. The molecule has 144 valence electrons. The molecular weight excluding hydrogens is 399 g/mol. The molecule has 2 amide bonds. The summed E-state index contributed by atoms with van der Waals surface area (Å²) < 4.78 is 13.4. The van der Waals surface area contributed by atoms with Crippen molar-refractivity contribution in [3.63, 3.8) is 0 Å². The second-order valence-electron chi connectivity index (χ2n) is 5.89. The van der Waals surface area contributed by atoms with Crippen LogP contribution in [0.25, 0.3) is 0 Å². The zero-order valence-electron chi connectivity index (χ0n) is 14.9. The van der Waals surface area contributed by atoms with Crippen molar-refractivity contribution in [3.8, 4) is 0 Å². The molecule has 2 N–H and O–H groups in total. The summed E-state index contributed by atoms with van der Waals surface area (Å²) in [6.45, 7) is 2.28. The van der Waals surface area contributed by atoms with Gasteiger partial charge in [0.25, 0.3) is 5.91 Å². The molecule has 28 heavy (non-hydrogen) atoms. The fourth-order valence-corrected chi connectivity index (χ4v) is 3.75. The van der Waals surface area contributed by atoms with E-state index in [1.54, 1.807) is 24.3 Å². The standard InChI is InChI=1S/C19H17FN4O2S2/c1-12-2-6-14(7-3-12)17(26)22-18-23-24-19(28-18)27-11-16(25)21-10-13-4-8-15(20)9-5-13/h2-9H,10-11H2,1H3,(H,21,25)(H,22,23,26). The lowest BCUT2D eigenvalue weighted by molar-refractivity contribution is -0.118.